The second-order valence-electron chi connectivity index (χ2n) is 6.38. The number of hydrogen-bond acceptors (Lipinski definition) is 4. The monoisotopic (exact) mass is 309 g/mol. The highest BCUT2D eigenvalue weighted by molar-refractivity contribution is 5.92. The summed E-state index contributed by atoms with van der Waals surface area (Å²) in [6, 6.07) is 9.92. The summed E-state index contributed by atoms with van der Waals surface area (Å²) < 4.78 is 1.68. The summed E-state index contributed by atoms with van der Waals surface area (Å²) in [5.41, 5.74) is 0.933. The van der Waals surface area contributed by atoms with Crippen LogP contribution in [-0.4, -0.2) is 25.9 Å². The van der Waals surface area contributed by atoms with E-state index in [0.717, 1.165) is 16.5 Å². The Bertz CT molecular complexity index is 842. The predicted molar refractivity (Wildman–Crippen MR) is 87.9 cm³/mol. The molecule has 0 radical (unpaired) electrons. The molecule has 1 aromatic carbocycles. The van der Waals surface area contributed by atoms with Crippen LogP contribution in [0.25, 0.3) is 10.8 Å². The quantitative estimate of drug-likeness (QED) is 0.807. The van der Waals surface area contributed by atoms with Gasteiger partial charge < -0.3 is 5.32 Å². The number of rotatable bonds is 3. The van der Waals surface area contributed by atoms with Gasteiger partial charge in [-0.1, -0.05) is 29.5 Å². The lowest BCUT2D eigenvalue weighted by atomic mass is 10.1. The highest BCUT2D eigenvalue weighted by Crippen LogP contribution is 2.16. The molecule has 6 heteroatoms. The molecular weight excluding hydrogens is 290 g/mol. The van der Waals surface area contributed by atoms with Crippen molar-refractivity contribution in [1.82, 2.24) is 25.3 Å². The lowest BCUT2D eigenvalue weighted by molar-refractivity contribution is 0.0945. The lowest BCUT2D eigenvalue weighted by Gasteiger charge is -2.17. The average molecular weight is 309 g/mol. The van der Waals surface area contributed by atoms with Crippen molar-refractivity contribution in [3.05, 3.63) is 54.1 Å². The zero-order valence-electron chi connectivity index (χ0n) is 13.4. The lowest BCUT2D eigenvalue weighted by Crippen LogP contribution is -2.24. The molecule has 6 nitrogen and oxygen atoms in total. The van der Waals surface area contributed by atoms with E-state index in [9.17, 15) is 4.79 Å². The van der Waals surface area contributed by atoms with Crippen LogP contribution in [0.2, 0.25) is 0 Å². The number of benzene rings is 1. The van der Waals surface area contributed by atoms with Crippen molar-refractivity contribution in [2.75, 3.05) is 0 Å². The molecule has 0 aliphatic rings. The molecule has 3 aromatic rings. The van der Waals surface area contributed by atoms with E-state index < -0.39 is 0 Å². The Morgan fingerprint density at radius 3 is 2.74 bits per heavy atom. The number of aromatic nitrogens is 4. The Morgan fingerprint density at radius 2 is 2.00 bits per heavy atom. The third-order valence-electron chi connectivity index (χ3n) is 3.59. The van der Waals surface area contributed by atoms with Gasteiger partial charge in [-0.25, -0.2) is 4.68 Å². The van der Waals surface area contributed by atoms with Crippen molar-refractivity contribution in [3.63, 3.8) is 0 Å². The SMILES string of the molecule is CC(C)(C)n1cc(C(=O)NCc2nccc3ccccc23)nn1. The topological polar surface area (TPSA) is 72.7 Å². The van der Waals surface area contributed by atoms with Crippen LogP contribution in [0.5, 0.6) is 0 Å². The minimum atomic E-state index is -0.254. The van der Waals surface area contributed by atoms with Gasteiger partial charge in [-0.3, -0.25) is 9.78 Å². The Balaban J connectivity index is 1.75. The summed E-state index contributed by atoms with van der Waals surface area (Å²) in [6.45, 7) is 6.36. The molecule has 0 saturated carbocycles. The van der Waals surface area contributed by atoms with Gasteiger partial charge in [0.25, 0.3) is 5.91 Å². The van der Waals surface area contributed by atoms with E-state index in [-0.39, 0.29) is 11.4 Å². The van der Waals surface area contributed by atoms with Crippen molar-refractivity contribution in [3.8, 4) is 0 Å². The maximum absolute atomic E-state index is 12.2. The minimum absolute atomic E-state index is 0.206. The average Bonchev–Trinajstić information content (AvgIpc) is 3.03. The maximum atomic E-state index is 12.2. The van der Waals surface area contributed by atoms with E-state index in [0.29, 0.717) is 12.2 Å². The Labute approximate surface area is 134 Å². The van der Waals surface area contributed by atoms with Crippen LogP contribution in [0.1, 0.15) is 37.0 Å². The van der Waals surface area contributed by atoms with Crippen LogP contribution in [0.15, 0.2) is 42.7 Å². The molecule has 0 unspecified atom stereocenters. The van der Waals surface area contributed by atoms with E-state index in [1.54, 1.807) is 17.1 Å². The van der Waals surface area contributed by atoms with Crippen LogP contribution in [0, 0.1) is 0 Å². The van der Waals surface area contributed by atoms with E-state index >= 15 is 0 Å². The van der Waals surface area contributed by atoms with Crippen molar-refractivity contribution < 1.29 is 4.79 Å². The molecule has 0 fully saturated rings. The van der Waals surface area contributed by atoms with Crippen LogP contribution in [0.3, 0.4) is 0 Å². The molecule has 2 heterocycles. The second-order valence-corrected chi connectivity index (χ2v) is 6.38. The van der Waals surface area contributed by atoms with Gasteiger partial charge in [0.05, 0.1) is 24.0 Å². The number of nitrogens with one attached hydrogen (secondary N) is 1. The largest absolute Gasteiger partial charge is 0.345 e. The zero-order valence-corrected chi connectivity index (χ0v) is 13.4. The number of carbonyl (C=O) groups excluding carboxylic acids is 1. The molecule has 0 aliphatic heterocycles. The van der Waals surface area contributed by atoms with Crippen LogP contribution >= 0.6 is 0 Å². The first-order valence-corrected chi connectivity index (χ1v) is 7.49. The summed E-state index contributed by atoms with van der Waals surface area (Å²) in [6.07, 6.45) is 3.41. The van der Waals surface area contributed by atoms with E-state index in [4.69, 9.17) is 0 Å². The summed E-state index contributed by atoms with van der Waals surface area (Å²) in [5.74, 6) is -0.254. The zero-order chi connectivity index (χ0) is 16.4. The van der Waals surface area contributed by atoms with Crippen LogP contribution in [-0.2, 0) is 12.1 Å². The minimum Gasteiger partial charge on any atom is -0.345 e. The highest BCUT2D eigenvalue weighted by atomic mass is 16.2. The standard InChI is InChI=1S/C17H19N5O/c1-17(2,3)22-11-15(20-21-22)16(23)19-10-14-13-7-5-4-6-12(13)8-9-18-14/h4-9,11H,10H2,1-3H3,(H,19,23). The van der Waals surface area contributed by atoms with Gasteiger partial charge in [0.2, 0.25) is 0 Å². The van der Waals surface area contributed by atoms with Crippen molar-refractivity contribution in [1.29, 1.82) is 0 Å². The fourth-order valence-corrected chi connectivity index (χ4v) is 2.27. The summed E-state index contributed by atoms with van der Waals surface area (Å²) in [5, 5.41) is 12.9. The summed E-state index contributed by atoms with van der Waals surface area (Å²) in [7, 11) is 0. The summed E-state index contributed by atoms with van der Waals surface area (Å²) >= 11 is 0. The predicted octanol–water partition coefficient (Wildman–Crippen LogP) is 2.51. The Hall–Kier alpha value is -2.76. The fraction of sp³-hybridized carbons (Fsp3) is 0.294. The van der Waals surface area contributed by atoms with Gasteiger partial charge in [0.15, 0.2) is 5.69 Å². The van der Waals surface area contributed by atoms with Crippen molar-refractivity contribution in [2.24, 2.45) is 0 Å². The molecule has 1 N–H and O–H groups in total. The number of fused-ring (bicyclic) bond motifs is 1. The van der Waals surface area contributed by atoms with E-state index in [1.807, 2.05) is 51.1 Å². The second kappa shape index (κ2) is 5.79. The first-order chi connectivity index (χ1) is 10.9. The molecule has 0 atom stereocenters. The van der Waals surface area contributed by atoms with E-state index in [1.165, 1.54) is 0 Å². The number of carbonyl (C=O) groups is 1. The molecule has 3 rings (SSSR count). The molecule has 118 valence electrons. The van der Waals surface area contributed by atoms with Gasteiger partial charge in [0, 0.05) is 11.6 Å². The Kier molecular flexibility index (Phi) is 3.82. The van der Waals surface area contributed by atoms with Gasteiger partial charge in [-0.2, -0.15) is 0 Å². The molecule has 0 spiro atoms. The highest BCUT2D eigenvalue weighted by Gasteiger charge is 2.18. The van der Waals surface area contributed by atoms with Crippen LogP contribution < -0.4 is 5.32 Å². The molecule has 0 saturated heterocycles. The van der Waals surface area contributed by atoms with Gasteiger partial charge in [-0.15, -0.1) is 5.10 Å². The fourth-order valence-electron chi connectivity index (χ4n) is 2.27. The molecular formula is C17H19N5O. The van der Waals surface area contributed by atoms with Gasteiger partial charge in [0.1, 0.15) is 0 Å². The number of pyridine rings is 1. The normalized spacial score (nSPS) is 11.6. The number of nitrogens with zero attached hydrogens (tertiary/aromatic N) is 4. The van der Waals surface area contributed by atoms with Gasteiger partial charge in [-0.05, 0) is 32.2 Å². The van der Waals surface area contributed by atoms with Crippen LogP contribution in [0.4, 0.5) is 0 Å². The first kappa shape index (κ1) is 15.1. The number of amides is 1. The van der Waals surface area contributed by atoms with Crippen molar-refractivity contribution >= 4 is 16.7 Å². The van der Waals surface area contributed by atoms with E-state index in [2.05, 4.69) is 20.6 Å². The van der Waals surface area contributed by atoms with Gasteiger partial charge >= 0.3 is 0 Å². The summed E-state index contributed by atoms with van der Waals surface area (Å²) in [4.78, 5) is 16.6. The van der Waals surface area contributed by atoms with Crippen molar-refractivity contribution in [2.45, 2.75) is 32.9 Å². The molecule has 0 bridgehead atoms. The molecule has 1 amide bonds. The third-order valence-corrected chi connectivity index (χ3v) is 3.59. The Morgan fingerprint density at radius 1 is 1.22 bits per heavy atom. The smallest absolute Gasteiger partial charge is 0.273 e. The molecule has 2 aromatic heterocycles. The third kappa shape index (κ3) is 3.21. The maximum Gasteiger partial charge on any atom is 0.273 e. The first-order valence-electron chi connectivity index (χ1n) is 7.49. The molecule has 23 heavy (non-hydrogen) atoms. The number of hydrogen-bond donors (Lipinski definition) is 1. The molecule has 0 aliphatic carbocycles.